The van der Waals surface area contributed by atoms with Crippen LogP contribution in [0.25, 0.3) is 0 Å². The van der Waals surface area contributed by atoms with E-state index in [1.807, 2.05) is 0 Å². The molecule has 4 heterocycles. The Labute approximate surface area is 568 Å². The summed E-state index contributed by atoms with van der Waals surface area (Å²) in [6.07, 6.45) is 29.8. The first-order valence-electron chi connectivity index (χ1n) is 38.5. The summed E-state index contributed by atoms with van der Waals surface area (Å²) in [5.41, 5.74) is 0. The molecule has 14 unspecified atom stereocenters. The molecule has 0 aliphatic carbocycles. The van der Waals surface area contributed by atoms with Gasteiger partial charge in [0.1, 0.15) is 31.5 Å². The highest BCUT2D eigenvalue weighted by Gasteiger charge is 2.41. The molecule has 94 heavy (non-hydrogen) atoms. The van der Waals surface area contributed by atoms with Crippen molar-refractivity contribution in [3.63, 3.8) is 0 Å². The second-order valence-electron chi connectivity index (χ2n) is 28.5. The predicted molar refractivity (Wildman–Crippen MR) is 367 cm³/mol. The number of epoxide rings is 1. The molecule has 19 nitrogen and oxygen atoms in total. The van der Waals surface area contributed by atoms with Gasteiger partial charge in [-0.25, -0.2) is 0 Å². The molecule has 0 aromatic rings. The first kappa shape index (κ1) is 83.0. The average Bonchev–Trinajstić information content (AvgIpc) is 1.75. The summed E-state index contributed by atoms with van der Waals surface area (Å²) in [5.74, 6) is -2.03. The summed E-state index contributed by atoms with van der Waals surface area (Å²) in [5, 5.41) is 33.4. The summed E-state index contributed by atoms with van der Waals surface area (Å²) >= 11 is 0. The van der Waals surface area contributed by atoms with Crippen LogP contribution in [0.5, 0.6) is 0 Å². The summed E-state index contributed by atoms with van der Waals surface area (Å²) < 4.78 is 40.5. The van der Waals surface area contributed by atoms with E-state index in [4.69, 9.17) is 33.2 Å². The zero-order valence-corrected chi connectivity index (χ0v) is 60.0. The molecule has 0 amide bonds. The maximum absolute atomic E-state index is 13.2. The molecule has 0 bridgehead atoms. The number of ether oxygens (including phenoxy) is 7. The Morgan fingerprint density at radius 2 is 0.660 bits per heavy atom. The van der Waals surface area contributed by atoms with Gasteiger partial charge in [0.25, 0.3) is 0 Å². The summed E-state index contributed by atoms with van der Waals surface area (Å²) in [6.45, 7) is 17.6. The Hall–Kier alpha value is -3.46. The smallest absolute Gasteiger partial charge is 0.307 e. The van der Waals surface area contributed by atoms with Gasteiger partial charge in [-0.1, -0.05) is 175 Å². The number of carbonyl (C=O) groups is 6. The van der Waals surface area contributed by atoms with Gasteiger partial charge in [0.2, 0.25) is 0 Å². The van der Waals surface area contributed by atoms with Crippen molar-refractivity contribution in [3.8, 4) is 0 Å². The molecule has 0 spiro atoms. The SMILES string of the molecule is CCCCCCCCC(OC(=O)CCN1CC1C)C(O)CCCCCCCC(=O)OCC(COC(=O)CCCCCCCC(O)C(CCCCCCCC)OC(=O)CCN1CC1C)OC(=O)CCCCCCCC1OC1CC(O)C(CCCCC)OC(=O)CCN1CC1C. The van der Waals surface area contributed by atoms with Crippen LogP contribution >= 0.6 is 0 Å². The van der Waals surface area contributed by atoms with E-state index in [0.29, 0.717) is 115 Å². The molecule has 4 saturated heterocycles. The molecule has 19 heteroatoms. The molecule has 4 fully saturated rings. The average molecular weight is 1330 g/mol. The number of esters is 6. The Balaban J connectivity index is 1.15. The molecule has 0 aromatic carbocycles. The van der Waals surface area contributed by atoms with Crippen LogP contribution in [-0.2, 0) is 61.9 Å². The predicted octanol–water partition coefficient (Wildman–Crippen LogP) is 13.5. The summed E-state index contributed by atoms with van der Waals surface area (Å²) in [4.78, 5) is 84.1. The fourth-order valence-corrected chi connectivity index (χ4v) is 12.8. The van der Waals surface area contributed by atoms with Gasteiger partial charge in [-0.05, 0) is 97.8 Å². The molecule has 0 radical (unpaired) electrons. The fourth-order valence-electron chi connectivity index (χ4n) is 12.8. The number of rotatable bonds is 64. The van der Waals surface area contributed by atoms with E-state index >= 15 is 0 Å². The van der Waals surface area contributed by atoms with E-state index < -0.39 is 60.6 Å². The quantitative estimate of drug-likeness (QED) is 0.0222. The zero-order chi connectivity index (χ0) is 68.1. The number of unbranched alkanes of at least 4 members (excludes halogenated alkanes) is 24. The lowest BCUT2D eigenvalue weighted by atomic mass is 9.99. The summed E-state index contributed by atoms with van der Waals surface area (Å²) in [6, 6.07) is 1.57. The molecular formula is C75H135N3O16. The van der Waals surface area contributed by atoms with Gasteiger partial charge in [-0.15, -0.1) is 0 Å². The number of nitrogens with zero attached hydrogens (tertiary/aromatic N) is 3. The van der Waals surface area contributed by atoms with Gasteiger partial charge >= 0.3 is 35.8 Å². The second-order valence-corrected chi connectivity index (χ2v) is 28.5. The van der Waals surface area contributed by atoms with E-state index in [-0.39, 0.29) is 62.6 Å². The molecule has 4 rings (SSSR count). The Morgan fingerprint density at radius 1 is 0.362 bits per heavy atom. The summed E-state index contributed by atoms with van der Waals surface area (Å²) in [7, 11) is 0. The maximum Gasteiger partial charge on any atom is 0.307 e. The number of carbonyl (C=O) groups excluding carboxylic acids is 6. The van der Waals surface area contributed by atoms with E-state index in [2.05, 4.69) is 56.2 Å². The fraction of sp³-hybridized carbons (Fsp3) is 0.920. The zero-order valence-electron chi connectivity index (χ0n) is 60.0. The van der Waals surface area contributed by atoms with Crippen molar-refractivity contribution in [2.45, 2.75) is 391 Å². The molecule has 14 atom stereocenters. The molecular weight excluding hydrogens is 1200 g/mol. The molecule has 4 aliphatic rings. The monoisotopic (exact) mass is 1330 g/mol. The van der Waals surface area contributed by atoms with Crippen LogP contribution in [0, 0.1) is 0 Å². The van der Waals surface area contributed by atoms with Crippen LogP contribution in [-0.4, -0.2) is 191 Å². The minimum absolute atomic E-state index is 0.0428. The first-order valence-corrected chi connectivity index (χ1v) is 38.5. The van der Waals surface area contributed by atoms with Crippen molar-refractivity contribution >= 4 is 35.8 Å². The lowest BCUT2D eigenvalue weighted by Crippen LogP contribution is -2.33. The van der Waals surface area contributed by atoms with Crippen molar-refractivity contribution < 1.29 is 77.2 Å². The minimum Gasteiger partial charge on any atom is -0.462 e. The van der Waals surface area contributed by atoms with E-state index in [1.165, 1.54) is 38.5 Å². The van der Waals surface area contributed by atoms with Crippen molar-refractivity contribution in [2.24, 2.45) is 0 Å². The number of aliphatic hydroxyl groups excluding tert-OH is 3. The highest BCUT2D eigenvalue weighted by molar-refractivity contribution is 5.72. The van der Waals surface area contributed by atoms with E-state index in [0.717, 1.165) is 161 Å². The van der Waals surface area contributed by atoms with Crippen LogP contribution in [0.1, 0.15) is 318 Å². The molecule has 4 aliphatic heterocycles. The van der Waals surface area contributed by atoms with Crippen LogP contribution in [0.4, 0.5) is 0 Å². The number of hydrogen-bond donors (Lipinski definition) is 3. The van der Waals surface area contributed by atoms with Crippen molar-refractivity contribution in [3.05, 3.63) is 0 Å². The van der Waals surface area contributed by atoms with Crippen LogP contribution in [0.15, 0.2) is 0 Å². The van der Waals surface area contributed by atoms with Crippen molar-refractivity contribution in [2.75, 3.05) is 52.5 Å². The van der Waals surface area contributed by atoms with Gasteiger partial charge in [-0.2, -0.15) is 0 Å². The Morgan fingerprint density at radius 3 is 1.04 bits per heavy atom. The van der Waals surface area contributed by atoms with Gasteiger partial charge < -0.3 is 48.5 Å². The lowest BCUT2D eigenvalue weighted by Gasteiger charge is -2.23. The van der Waals surface area contributed by atoms with E-state index in [1.54, 1.807) is 0 Å². The molecule has 0 saturated carbocycles. The highest BCUT2D eigenvalue weighted by Crippen LogP contribution is 2.33. The Bertz CT molecular complexity index is 1950. The second kappa shape index (κ2) is 50.8. The lowest BCUT2D eigenvalue weighted by molar-refractivity contribution is -0.167. The highest BCUT2D eigenvalue weighted by atomic mass is 16.6. The first-order chi connectivity index (χ1) is 45.5. The minimum atomic E-state index is -0.955. The maximum atomic E-state index is 13.2. The van der Waals surface area contributed by atoms with E-state index in [9.17, 15) is 44.1 Å². The number of hydrogen-bond acceptors (Lipinski definition) is 19. The molecule has 3 N–H and O–H groups in total. The van der Waals surface area contributed by atoms with Crippen LogP contribution in [0.3, 0.4) is 0 Å². The number of aliphatic hydroxyl groups is 3. The van der Waals surface area contributed by atoms with Crippen molar-refractivity contribution in [1.29, 1.82) is 0 Å². The third-order valence-corrected chi connectivity index (χ3v) is 19.6. The van der Waals surface area contributed by atoms with Gasteiger partial charge in [0.05, 0.1) is 49.8 Å². The van der Waals surface area contributed by atoms with Gasteiger partial charge in [0, 0.05) is 83.1 Å². The van der Waals surface area contributed by atoms with Gasteiger partial charge in [0.15, 0.2) is 6.10 Å². The van der Waals surface area contributed by atoms with Crippen LogP contribution < -0.4 is 0 Å². The molecule has 546 valence electrons. The normalized spacial score (nSPS) is 22.4. The van der Waals surface area contributed by atoms with Crippen LogP contribution in [0.2, 0.25) is 0 Å². The largest absolute Gasteiger partial charge is 0.462 e. The standard InChI is InChI=1S/C75H135N3O16/c1-7-10-13-15-22-31-40-65(92-73(85)46-49-76-53-58(76)4)62(79)37-29-20-17-25-34-43-70(82)88-56-61(57-89-71(83)44-35-26-18-21-30-38-63(80)66(41-32-23-16-14-11-8-2)93-74(86)47-50-77-54-59(77)5)90-72(84)45-36-27-19-24-33-42-68-69(91-68)52-64(81)67(39-28-12-9-3)94-75(87)48-51-78-55-60(78)6/h58-69,79-81H,7-57H2,1-6H3. The van der Waals surface area contributed by atoms with Gasteiger partial charge in [-0.3, -0.25) is 43.5 Å². The topological polar surface area (TPSA) is 240 Å². The Kier molecular flexibility index (Phi) is 44.8. The van der Waals surface area contributed by atoms with Crippen molar-refractivity contribution in [1.82, 2.24) is 14.7 Å². The third kappa shape index (κ3) is 41.1. The third-order valence-electron chi connectivity index (χ3n) is 19.6. The molecule has 0 aromatic heterocycles.